The number of esters is 3. The predicted molar refractivity (Wildman–Crippen MR) is 283 cm³/mol. The molecule has 6 heteroatoms. The lowest BCUT2D eigenvalue weighted by Crippen LogP contribution is -2.30. The van der Waals surface area contributed by atoms with Gasteiger partial charge < -0.3 is 14.2 Å². The minimum atomic E-state index is -0.809. The van der Waals surface area contributed by atoms with Crippen LogP contribution < -0.4 is 0 Å². The van der Waals surface area contributed by atoms with Crippen LogP contribution in [0, 0.1) is 0 Å². The molecule has 0 rings (SSSR count). The summed E-state index contributed by atoms with van der Waals surface area (Å²) < 4.78 is 16.8. The van der Waals surface area contributed by atoms with E-state index in [0.717, 1.165) is 96.3 Å². The Kier molecular flexibility index (Phi) is 50.0. The second-order valence-electron chi connectivity index (χ2n) is 17.2. The van der Waals surface area contributed by atoms with Gasteiger partial charge in [-0.3, -0.25) is 14.4 Å². The molecule has 0 N–H and O–H groups in total. The summed E-state index contributed by atoms with van der Waals surface area (Å²) >= 11 is 0. The standard InChI is InChI=1S/C60H96O6/c1-4-7-10-13-16-19-22-25-28-30-33-35-38-41-44-47-50-53-59(62)65-56-57(55-64-58(61)52-49-46-43-40-37-34-31-27-24-21-18-15-12-9-6-3)66-60(63)54-51-48-45-42-39-36-32-29-26-23-20-17-14-11-8-5-2/h7,9-10,12-13,15-16,18-19,21-22,24-25,28-30,32-33,35,38,57H,4-6,8,11,14,17,20,23,26-27,31,34,36-37,39-56H2,1-3H3/b10-7-,12-9-,16-13-,18-15-,22-19-,24-21-,28-25-,32-29-,33-30+,38-35-. The summed E-state index contributed by atoms with van der Waals surface area (Å²) in [6.45, 7) is 6.30. The lowest BCUT2D eigenvalue weighted by atomic mass is 10.1. The molecule has 6 nitrogen and oxygen atoms in total. The molecular formula is C60H96O6. The Bertz CT molecular complexity index is 1420. The van der Waals surface area contributed by atoms with Crippen molar-refractivity contribution in [2.45, 2.75) is 226 Å². The summed E-state index contributed by atoms with van der Waals surface area (Å²) in [5.41, 5.74) is 0. The Hall–Kier alpha value is -4.19. The summed E-state index contributed by atoms with van der Waals surface area (Å²) in [6, 6.07) is 0. The van der Waals surface area contributed by atoms with Crippen LogP contribution in [0.1, 0.15) is 220 Å². The quantitative estimate of drug-likeness (QED) is 0.0199. The topological polar surface area (TPSA) is 78.9 Å². The van der Waals surface area contributed by atoms with E-state index >= 15 is 0 Å². The molecule has 0 amide bonds. The third-order valence-electron chi connectivity index (χ3n) is 10.9. The van der Waals surface area contributed by atoms with Gasteiger partial charge in [-0.1, -0.05) is 239 Å². The maximum atomic E-state index is 12.8. The fraction of sp³-hybridized carbons (Fsp3) is 0.617. The lowest BCUT2D eigenvalue weighted by molar-refractivity contribution is -0.167. The Morgan fingerprint density at radius 3 is 0.985 bits per heavy atom. The third-order valence-corrected chi connectivity index (χ3v) is 10.9. The second kappa shape index (κ2) is 53.4. The molecule has 0 fully saturated rings. The van der Waals surface area contributed by atoms with Crippen LogP contribution >= 0.6 is 0 Å². The van der Waals surface area contributed by atoms with Crippen molar-refractivity contribution in [3.63, 3.8) is 0 Å². The lowest BCUT2D eigenvalue weighted by Gasteiger charge is -2.18. The van der Waals surface area contributed by atoms with Gasteiger partial charge >= 0.3 is 17.9 Å². The summed E-state index contributed by atoms with van der Waals surface area (Å²) in [6.07, 6.45) is 73.2. The number of carbonyl (C=O) groups excluding carboxylic acids is 3. The molecule has 1 unspecified atom stereocenters. The maximum absolute atomic E-state index is 12.8. The Balaban J connectivity index is 4.53. The number of rotatable bonds is 46. The SMILES string of the molecule is CC\C=C/C=C\C=C/C=C\C=C\C=C/CCCCCC(=O)OCC(COC(=O)CCCCCCCCC\C=C/C=C\C=C/CC)OC(=O)CCCCCCC/C=C\CCCCCCCCC. The molecule has 0 aliphatic rings. The first kappa shape index (κ1) is 61.8. The zero-order valence-electron chi connectivity index (χ0n) is 42.4. The van der Waals surface area contributed by atoms with Crippen molar-refractivity contribution in [2.24, 2.45) is 0 Å². The fourth-order valence-electron chi connectivity index (χ4n) is 6.94. The van der Waals surface area contributed by atoms with Crippen molar-refractivity contribution in [3.05, 3.63) is 122 Å². The van der Waals surface area contributed by atoms with Crippen LogP contribution in [-0.2, 0) is 28.6 Å². The first-order valence-corrected chi connectivity index (χ1v) is 26.7. The smallest absolute Gasteiger partial charge is 0.306 e. The van der Waals surface area contributed by atoms with Gasteiger partial charge in [0.2, 0.25) is 0 Å². The monoisotopic (exact) mass is 913 g/mol. The highest BCUT2D eigenvalue weighted by molar-refractivity contribution is 5.71. The van der Waals surface area contributed by atoms with Crippen LogP contribution in [0.25, 0.3) is 0 Å². The summed E-state index contributed by atoms with van der Waals surface area (Å²) in [5.74, 6) is -0.975. The van der Waals surface area contributed by atoms with Crippen LogP contribution in [0.5, 0.6) is 0 Å². The van der Waals surface area contributed by atoms with Crippen LogP contribution in [0.15, 0.2) is 122 Å². The molecule has 0 aromatic carbocycles. The average molecular weight is 913 g/mol. The van der Waals surface area contributed by atoms with Crippen LogP contribution in [0.2, 0.25) is 0 Å². The maximum Gasteiger partial charge on any atom is 0.306 e. The van der Waals surface area contributed by atoms with Crippen molar-refractivity contribution < 1.29 is 28.6 Å². The average Bonchev–Trinajstić information content (AvgIpc) is 3.31. The van der Waals surface area contributed by atoms with Gasteiger partial charge in [-0.25, -0.2) is 0 Å². The first-order valence-electron chi connectivity index (χ1n) is 26.7. The Labute approximate surface area is 405 Å². The molecule has 0 saturated heterocycles. The molecule has 0 aliphatic heterocycles. The summed E-state index contributed by atoms with van der Waals surface area (Å²) in [4.78, 5) is 38.1. The molecule has 0 saturated carbocycles. The van der Waals surface area contributed by atoms with Gasteiger partial charge in [-0.05, 0) is 83.5 Å². The first-order chi connectivity index (χ1) is 32.5. The highest BCUT2D eigenvalue weighted by Crippen LogP contribution is 2.14. The molecule has 0 radical (unpaired) electrons. The molecule has 0 aliphatic carbocycles. The van der Waals surface area contributed by atoms with Gasteiger partial charge in [0.1, 0.15) is 13.2 Å². The zero-order chi connectivity index (χ0) is 47.9. The van der Waals surface area contributed by atoms with E-state index in [1.54, 1.807) is 0 Å². The molecule has 0 heterocycles. The van der Waals surface area contributed by atoms with Crippen molar-refractivity contribution >= 4 is 17.9 Å². The number of allylic oxidation sites excluding steroid dienone is 20. The normalized spacial score (nSPS) is 13.1. The van der Waals surface area contributed by atoms with Crippen molar-refractivity contribution in [2.75, 3.05) is 13.2 Å². The fourth-order valence-corrected chi connectivity index (χ4v) is 6.94. The molecule has 0 aromatic rings. The highest BCUT2D eigenvalue weighted by atomic mass is 16.6. The summed E-state index contributed by atoms with van der Waals surface area (Å²) in [5, 5.41) is 0. The van der Waals surface area contributed by atoms with E-state index in [-0.39, 0.29) is 31.1 Å². The van der Waals surface area contributed by atoms with E-state index in [4.69, 9.17) is 14.2 Å². The van der Waals surface area contributed by atoms with Gasteiger partial charge in [0, 0.05) is 19.3 Å². The van der Waals surface area contributed by atoms with Crippen molar-refractivity contribution in [3.8, 4) is 0 Å². The van der Waals surface area contributed by atoms with Crippen molar-refractivity contribution in [1.82, 2.24) is 0 Å². The molecule has 66 heavy (non-hydrogen) atoms. The third kappa shape index (κ3) is 50.8. The van der Waals surface area contributed by atoms with E-state index in [9.17, 15) is 14.4 Å². The number of ether oxygens (including phenoxy) is 3. The van der Waals surface area contributed by atoms with E-state index in [0.29, 0.717) is 19.3 Å². The van der Waals surface area contributed by atoms with E-state index in [1.807, 2.05) is 60.8 Å². The van der Waals surface area contributed by atoms with Crippen molar-refractivity contribution in [1.29, 1.82) is 0 Å². The minimum Gasteiger partial charge on any atom is -0.462 e. The largest absolute Gasteiger partial charge is 0.462 e. The van der Waals surface area contributed by atoms with Crippen LogP contribution in [-0.4, -0.2) is 37.2 Å². The van der Waals surface area contributed by atoms with Gasteiger partial charge in [0.05, 0.1) is 0 Å². The number of carbonyl (C=O) groups is 3. The number of unbranched alkanes of at least 4 members (excludes halogenated alkanes) is 22. The number of hydrogen-bond acceptors (Lipinski definition) is 6. The van der Waals surface area contributed by atoms with E-state index in [2.05, 4.69) is 81.5 Å². The Morgan fingerprint density at radius 2 is 0.606 bits per heavy atom. The summed E-state index contributed by atoms with van der Waals surface area (Å²) in [7, 11) is 0. The zero-order valence-corrected chi connectivity index (χ0v) is 42.4. The minimum absolute atomic E-state index is 0.106. The number of hydrogen-bond donors (Lipinski definition) is 0. The molecule has 372 valence electrons. The van der Waals surface area contributed by atoms with Gasteiger partial charge in [-0.15, -0.1) is 0 Å². The molecule has 1 atom stereocenters. The van der Waals surface area contributed by atoms with E-state index < -0.39 is 6.10 Å². The molecule has 0 aromatic heterocycles. The van der Waals surface area contributed by atoms with Gasteiger partial charge in [0.15, 0.2) is 6.10 Å². The molecule has 0 spiro atoms. The van der Waals surface area contributed by atoms with Crippen LogP contribution in [0.4, 0.5) is 0 Å². The molecular weight excluding hydrogens is 817 g/mol. The highest BCUT2D eigenvalue weighted by Gasteiger charge is 2.19. The van der Waals surface area contributed by atoms with Gasteiger partial charge in [-0.2, -0.15) is 0 Å². The van der Waals surface area contributed by atoms with E-state index in [1.165, 1.54) is 83.5 Å². The van der Waals surface area contributed by atoms with Crippen LogP contribution in [0.3, 0.4) is 0 Å². The Morgan fingerprint density at radius 1 is 0.318 bits per heavy atom. The second-order valence-corrected chi connectivity index (χ2v) is 17.2. The predicted octanol–water partition coefficient (Wildman–Crippen LogP) is 17.7. The molecule has 0 bridgehead atoms. The van der Waals surface area contributed by atoms with Gasteiger partial charge in [0.25, 0.3) is 0 Å².